The van der Waals surface area contributed by atoms with E-state index in [4.69, 9.17) is 4.74 Å². The van der Waals surface area contributed by atoms with Crippen LogP contribution in [-0.4, -0.2) is 40.5 Å². The standard InChI is InChI=1S/C17H19NO5S2/c1-23-16-7-4-5-14(11-16)13-25(21,22)18-9-10-24(19,20)17-8-3-2-6-15(17)12-18/h2-8,11H,9-10,12-13H2,1H3. The zero-order chi connectivity index (χ0) is 18.1. The molecule has 3 rings (SSSR count). The smallest absolute Gasteiger partial charge is 0.218 e. The van der Waals surface area contributed by atoms with Crippen LogP contribution >= 0.6 is 0 Å². The van der Waals surface area contributed by atoms with Gasteiger partial charge < -0.3 is 4.74 Å². The molecule has 0 radical (unpaired) electrons. The highest BCUT2D eigenvalue weighted by atomic mass is 32.2. The summed E-state index contributed by atoms with van der Waals surface area (Å²) >= 11 is 0. The van der Waals surface area contributed by atoms with Gasteiger partial charge in [-0.05, 0) is 29.3 Å². The van der Waals surface area contributed by atoms with Gasteiger partial charge in [0.15, 0.2) is 9.84 Å². The Labute approximate surface area is 148 Å². The fourth-order valence-electron chi connectivity index (χ4n) is 2.84. The Bertz CT molecular complexity index is 984. The van der Waals surface area contributed by atoms with E-state index in [0.717, 1.165) is 0 Å². The van der Waals surface area contributed by atoms with Gasteiger partial charge in [-0.2, -0.15) is 4.31 Å². The second-order valence-electron chi connectivity index (χ2n) is 5.87. The van der Waals surface area contributed by atoms with Gasteiger partial charge >= 0.3 is 0 Å². The van der Waals surface area contributed by atoms with Crippen LogP contribution in [0.2, 0.25) is 0 Å². The summed E-state index contributed by atoms with van der Waals surface area (Å²) in [5.74, 6) is 0.157. The molecule has 2 aromatic rings. The Kier molecular flexibility index (Phi) is 4.86. The number of sulfonamides is 1. The van der Waals surface area contributed by atoms with Gasteiger partial charge in [-0.1, -0.05) is 30.3 Å². The topological polar surface area (TPSA) is 80.8 Å². The van der Waals surface area contributed by atoms with Gasteiger partial charge in [-0.3, -0.25) is 0 Å². The van der Waals surface area contributed by atoms with Gasteiger partial charge in [-0.15, -0.1) is 0 Å². The first kappa shape index (κ1) is 17.9. The molecule has 0 fully saturated rings. The quantitative estimate of drug-likeness (QED) is 0.807. The molecule has 0 saturated heterocycles. The van der Waals surface area contributed by atoms with E-state index >= 15 is 0 Å². The van der Waals surface area contributed by atoms with Crippen LogP contribution in [0.4, 0.5) is 0 Å². The molecule has 0 atom stereocenters. The number of benzene rings is 2. The zero-order valence-electron chi connectivity index (χ0n) is 13.8. The Morgan fingerprint density at radius 1 is 1.12 bits per heavy atom. The maximum atomic E-state index is 12.8. The number of hydrogen-bond acceptors (Lipinski definition) is 5. The van der Waals surface area contributed by atoms with Gasteiger partial charge in [0, 0.05) is 13.1 Å². The summed E-state index contributed by atoms with van der Waals surface area (Å²) in [5, 5.41) is 0. The average molecular weight is 381 g/mol. The van der Waals surface area contributed by atoms with Gasteiger partial charge in [0.05, 0.1) is 23.5 Å². The summed E-state index contributed by atoms with van der Waals surface area (Å²) in [6.45, 7) is 0.00498. The lowest BCUT2D eigenvalue weighted by molar-refractivity contribution is 0.414. The molecule has 8 heteroatoms. The molecule has 0 spiro atoms. The van der Waals surface area contributed by atoms with Gasteiger partial charge in [0.1, 0.15) is 5.75 Å². The lowest BCUT2D eigenvalue weighted by Gasteiger charge is -2.20. The van der Waals surface area contributed by atoms with E-state index < -0.39 is 19.9 Å². The molecule has 134 valence electrons. The minimum Gasteiger partial charge on any atom is -0.497 e. The highest BCUT2D eigenvalue weighted by Crippen LogP contribution is 2.25. The summed E-state index contributed by atoms with van der Waals surface area (Å²) in [5.41, 5.74) is 1.11. The number of ether oxygens (including phenoxy) is 1. The number of rotatable bonds is 4. The molecule has 0 amide bonds. The van der Waals surface area contributed by atoms with Crippen molar-refractivity contribution in [3.63, 3.8) is 0 Å². The van der Waals surface area contributed by atoms with Crippen molar-refractivity contribution >= 4 is 19.9 Å². The summed E-state index contributed by atoms with van der Waals surface area (Å²) in [4.78, 5) is 0.217. The van der Waals surface area contributed by atoms with E-state index in [-0.39, 0.29) is 29.5 Å². The Balaban J connectivity index is 1.91. The van der Waals surface area contributed by atoms with Crippen molar-refractivity contribution in [2.75, 3.05) is 19.4 Å². The van der Waals surface area contributed by atoms with Crippen molar-refractivity contribution in [1.82, 2.24) is 4.31 Å². The monoisotopic (exact) mass is 381 g/mol. The Hall–Kier alpha value is -1.90. The molecule has 1 aliphatic heterocycles. The van der Waals surface area contributed by atoms with Gasteiger partial charge in [-0.25, -0.2) is 16.8 Å². The second kappa shape index (κ2) is 6.78. The van der Waals surface area contributed by atoms with Crippen molar-refractivity contribution in [2.24, 2.45) is 0 Å². The van der Waals surface area contributed by atoms with E-state index in [1.165, 1.54) is 17.5 Å². The molecule has 0 aromatic heterocycles. The minimum absolute atomic E-state index is 0.0523. The fraction of sp³-hybridized carbons (Fsp3) is 0.294. The summed E-state index contributed by atoms with van der Waals surface area (Å²) in [7, 11) is -5.63. The third kappa shape index (κ3) is 3.86. The molecule has 0 saturated carbocycles. The largest absolute Gasteiger partial charge is 0.497 e. The van der Waals surface area contributed by atoms with Crippen molar-refractivity contribution in [1.29, 1.82) is 0 Å². The zero-order valence-corrected chi connectivity index (χ0v) is 15.4. The first-order chi connectivity index (χ1) is 11.8. The van der Waals surface area contributed by atoms with Crippen molar-refractivity contribution < 1.29 is 21.6 Å². The molecule has 2 aromatic carbocycles. The van der Waals surface area contributed by atoms with Crippen LogP contribution in [0, 0.1) is 0 Å². The average Bonchev–Trinajstić information content (AvgIpc) is 2.72. The molecular weight excluding hydrogens is 362 g/mol. The third-order valence-electron chi connectivity index (χ3n) is 4.14. The SMILES string of the molecule is COc1cccc(CS(=O)(=O)N2CCS(=O)(=O)c3ccccc3C2)c1. The molecule has 0 N–H and O–H groups in total. The predicted octanol–water partition coefficient (Wildman–Crippen LogP) is 1.81. The van der Waals surface area contributed by atoms with E-state index in [1.807, 2.05) is 0 Å². The van der Waals surface area contributed by atoms with Gasteiger partial charge in [0.2, 0.25) is 10.0 Å². The maximum absolute atomic E-state index is 12.8. The maximum Gasteiger partial charge on any atom is 0.218 e. The van der Waals surface area contributed by atoms with Crippen molar-refractivity contribution in [3.8, 4) is 5.75 Å². The van der Waals surface area contributed by atoms with E-state index in [2.05, 4.69) is 0 Å². The lowest BCUT2D eigenvalue weighted by atomic mass is 10.2. The normalized spacial score (nSPS) is 17.5. The minimum atomic E-state index is -3.66. The van der Waals surface area contributed by atoms with Crippen LogP contribution in [0.25, 0.3) is 0 Å². The third-order valence-corrected chi connectivity index (χ3v) is 7.73. The summed E-state index contributed by atoms with van der Waals surface area (Å²) in [6.07, 6.45) is 0. The number of methoxy groups -OCH3 is 1. The highest BCUT2D eigenvalue weighted by Gasteiger charge is 2.31. The molecule has 0 bridgehead atoms. The molecule has 6 nitrogen and oxygen atoms in total. The molecule has 25 heavy (non-hydrogen) atoms. The van der Waals surface area contributed by atoms with E-state index in [0.29, 0.717) is 16.9 Å². The lowest BCUT2D eigenvalue weighted by Crippen LogP contribution is -2.33. The first-order valence-corrected chi connectivity index (χ1v) is 11.0. The molecular formula is C17H19NO5S2. The van der Waals surface area contributed by atoms with E-state index in [1.54, 1.807) is 42.5 Å². The summed E-state index contributed by atoms with van der Waals surface area (Å²) < 4.78 is 56.7. The van der Waals surface area contributed by atoms with E-state index in [9.17, 15) is 16.8 Å². The van der Waals surface area contributed by atoms with Crippen LogP contribution in [-0.2, 0) is 32.2 Å². The van der Waals surface area contributed by atoms with Crippen LogP contribution in [0.15, 0.2) is 53.4 Å². The van der Waals surface area contributed by atoms with Crippen LogP contribution in [0.5, 0.6) is 5.75 Å². The molecule has 1 heterocycles. The summed E-state index contributed by atoms with van der Waals surface area (Å²) in [6, 6.07) is 13.4. The van der Waals surface area contributed by atoms with Gasteiger partial charge in [0.25, 0.3) is 0 Å². The molecule has 0 unspecified atom stereocenters. The van der Waals surface area contributed by atoms with Crippen LogP contribution in [0.1, 0.15) is 11.1 Å². The highest BCUT2D eigenvalue weighted by molar-refractivity contribution is 7.91. The Morgan fingerprint density at radius 2 is 1.88 bits per heavy atom. The number of hydrogen-bond donors (Lipinski definition) is 0. The number of nitrogens with zero attached hydrogens (tertiary/aromatic N) is 1. The van der Waals surface area contributed by atoms with Crippen molar-refractivity contribution in [3.05, 3.63) is 59.7 Å². The fourth-order valence-corrected chi connectivity index (χ4v) is 5.94. The number of fused-ring (bicyclic) bond motifs is 1. The van der Waals surface area contributed by atoms with Crippen LogP contribution < -0.4 is 4.74 Å². The molecule has 1 aliphatic rings. The molecule has 0 aliphatic carbocycles. The predicted molar refractivity (Wildman–Crippen MR) is 94.5 cm³/mol. The first-order valence-electron chi connectivity index (χ1n) is 7.73. The second-order valence-corrected chi connectivity index (χ2v) is 9.91. The van der Waals surface area contributed by atoms with Crippen molar-refractivity contribution in [2.45, 2.75) is 17.2 Å². The number of sulfone groups is 1. The Morgan fingerprint density at radius 3 is 2.64 bits per heavy atom. The van der Waals surface area contributed by atoms with Crippen LogP contribution in [0.3, 0.4) is 0 Å².